The molecule has 20 heteroatoms. The number of halogens is 3. The first-order chi connectivity index (χ1) is 33.2. The Morgan fingerprint density at radius 1 is 0.696 bits per heavy atom. The summed E-state index contributed by atoms with van der Waals surface area (Å²) in [5.41, 5.74) is 4.43. The fourth-order valence-corrected chi connectivity index (χ4v) is 10.7. The number of benzene rings is 4. The second-order valence-electron chi connectivity index (χ2n) is 16.3. The van der Waals surface area contributed by atoms with Crippen LogP contribution in [0.15, 0.2) is 118 Å². The standard InChI is InChI=1S/C49H45Br2FN4O11S2/c1-29(2)30-8-3-9-35(22-30)66-49-41(51)24-33(26-54-49)56(69(61)62)43-15-5-13-39-37(43)11-7-17-45(39)64-28-47(58)67-46(57)27-63-44-16-6-10-36-38(44)12-4-14-42(36)55(68(59)60)32-23-40(50)48(53-25-32)65-34-20-18-31(52)19-21-34/h3,6-11,16-26,29,42-43H,4-5,12-15,27-28H2,1-2H3,(H,59,60)(H,61,62)/p-2. The summed E-state index contributed by atoms with van der Waals surface area (Å²) in [4.78, 5) is 34.6. The van der Waals surface area contributed by atoms with Crippen molar-refractivity contribution in [2.45, 2.75) is 70.4 Å². The van der Waals surface area contributed by atoms with Crippen molar-refractivity contribution < 1.29 is 55.2 Å². The number of fused-ring (bicyclic) bond motifs is 2. The highest BCUT2D eigenvalue weighted by Gasteiger charge is 2.32. The third-order valence-corrected chi connectivity index (χ3v) is 14.2. The Kier molecular flexibility index (Phi) is 16.1. The van der Waals surface area contributed by atoms with Crippen LogP contribution >= 0.6 is 31.9 Å². The minimum Gasteiger partial charge on any atom is -0.755 e. The van der Waals surface area contributed by atoms with Crippen molar-refractivity contribution in [3.8, 4) is 34.8 Å². The number of anilines is 2. The molecule has 2 aliphatic rings. The van der Waals surface area contributed by atoms with Gasteiger partial charge in [0.2, 0.25) is 11.8 Å². The molecule has 360 valence electrons. The Labute approximate surface area is 419 Å². The summed E-state index contributed by atoms with van der Waals surface area (Å²) in [5.74, 6) is -0.0437. The first kappa shape index (κ1) is 49.6. The molecule has 2 heterocycles. The summed E-state index contributed by atoms with van der Waals surface area (Å²) in [6.07, 6.45) is 6.07. The maximum Gasteiger partial charge on any atom is 0.351 e. The van der Waals surface area contributed by atoms with Gasteiger partial charge in [0.05, 0.1) is 44.8 Å². The van der Waals surface area contributed by atoms with E-state index in [9.17, 15) is 31.5 Å². The van der Waals surface area contributed by atoms with E-state index in [4.69, 9.17) is 23.7 Å². The zero-order valence-electron chi connectivity index (χ0n) is 37.0. The number of rotatable bonds is 17. The number of pyridine rings is 2. The number of ether oxygens (including phenoxy) is 5. The van der Waals surface area contributed by atoms with Crippen LogP contribution in [0.3, 0.4) is 0 Å². The molecule has 0 N–H and O–H groups in total. The molecule has 0 bridgehead atoms. The Morgan fingerprint density at radius 2 is 1.17 bits per heavy atom. The van der Waals surface area contributed by atoms with Crippen molar-refractivity contribution in [3.63, 3.8) is 0 Å². The second kappa shape index (κ2) is 22.3. The van der Waals surface area contributed by atoms with E-state index in [-0.39, 0.29) is 17.4 Å². The lowest BCUT2D eigenvalue weighted by Gasteiger charge is -2.38. The van der Waals surface area contributed by atoms with Crippen LogP contribution < -0.4 is 27.6 Å². The zero-order valence-corrected chi connectivity index (χ0v) is 41.8. The van der Waals surface area contributed by atoms with Gasteiger partial charge >= 0.3 is 11.9 Å². The van der Waals surface area contributed by atoms with Crippen molar-refractivity contribution in [1.82, 2.24) is 9.97 Å². The van der Waals surface area contributed by atoms with Crippen LogP contribution in [-0.4, -0.2) is 52.6 Å². The van der Waals surface area contributed by atoms with E-state index in [2.05, 4.69) is 55.7 Å². The molecule has 0 saturated heterocycles. The van der Waals surface area contributed by atoms with E-state index < -0.39 is 65.6 Å². The summed E-state index contributed by atoms with van der Waals surface area (Å²) in [6.45, 7) is 2.93. The number of aromatic nitrogens is 2. The van der Waals surface area contributed by atoms with Crippen molar-refractivity contribution >= 4 is 77.7 Å². The summed E-state index contributed by atoms with van der Waals surface area (Å²) >= 11 is 1.48. The third-order valence-electron chi connectivity index (χ3n) is 11.5. The molecule has 0 radical (unpaired) electrons. The van der Waals surface area contributed by atoms with Crippen molar-refractivity contribution in [2.24, 2.45) is 0 Å². The van der Waals surface area contributed by atoms with Gasteiger partial charge in [-0.05, 0) is 165 Å². The minimum atomic E-state index is -2.74. The minimum absolute atomic E-state index is 0.149. The average molecular weight is 1110 g/mol. The molecular weight excluding hydrogens is 1060 g/mol. The largest absolute Gasteiger partial charge is 0.755 e. The highest BCUT2D eigenvalue weighted by molar-refractivity contribution is 9.11. The number of hydrogen-bond donors (Lipinski definition) is 0. The molecule has 0 fully saturated rings. The maximum absolute atomic E-state index is 13.4. The summed E-state index contributed by atoms with van der Waals surface area (Å²) in [7, 11) is 0. The highest BCUT2D eigenvalue weighted by Crippen LogP contribution is 2.44. The van der Waals surface area contributed by atoms with Gasteiger partial charge in [0.25, 0.3) is 0 Å². The molecule has 0 saturated carbocycles. The summed E-state index contributed by atoms with van der Waals surface area (Å²) < 4.78 is 96.6. The van der Waals surface area contributed by atoms with Gasteiger partial charge in [0, 0.05) is 22.5 Å². The van der Waals surface area contributed by atoms with E-state index in [1.54, 1.807) is 42.5 Å². The van der Waals surface area contributed by atoms with Gasteiger partial charge in [-0.1, -0.05) is 50.2 Å². The first-order valence-corrected chi connectivity index (χ1v) is 25.4. The van der Waals surface area contributed by atoms with E-state index in [0.717, 1.165) is 5.56 Å². The molecule has 8 rings (SSSR count). The van der Waals surface area contributed by atoms with Gasteiger partial charge in [-0.15, -0.1) is 0 Å². The van der Waals surface area contributed by atoms with Gasteiger partial charge in [0.15, 0.2) is 13.2 Å². The lowest BCUT2D eigenvalue weighted by molar-refractivity contribution is -0.162. The number of esters is 2. The predicted molar refractivity (Wildman–Crippen MR) is 260 cm³/mol. The molecule has 0 spiro atoms. The maximum atomic E-state index is 13.4. The lowest BCUT2D eigenvalue weighted by Crippen LogP contribution is -2.33. The fourth-order valence-electron chi connectivity index (χ4n) is 8.42. The molecule has 69 heavy (non-hydrogen) atoms. The third kappa shape index (κ3) is 11.8. The summed E-state index contributed by atoms with van der Waals surface area (Å²) in [6, 6.07) is 25.3. The fraction of sp³-hybridized carbons (Fsp3) is 0.265. The Balaban J connectivity index is 0.889. The van der Waals surface area contributed by atoms with E-state index >= 15 is 0 Å². The van der Waals surface area contributed by atoms with Gasteiger partial charge < -0.3 is 32.8 Å². The molecule has 4 atom stereocenters. The molecule has 0 amide bonds. The Bertz CT molecular complexity index is 2920. The van der Waals surface area contributed by atoms with E-state index in [1.165, 1.54) is 45.3 Å². The topological polar surface area (TPSA) is 193 Å². The van der Waals surface area contributed by atoms with Crippen molar-refractivity contribution in [3.05, 3.63) is 152 Å². The van der Waals surface area contributed by atoms with Gasteiger partial charge in [0.1, 0.15) is 28.8 Å². The van der Waals surface area contributed by atoms with Crippen LogP contribution in [0.5, 0.6) is 34.8 Å². The van der Waals surface area contributed by atoms with Crippen LogP contribution in [0.4, 0.5) is 15.8 Å². The molecule has 6 aromatic rings. The molecule has 2 aromatic heterocycles. The predicted octanol–water partition coefficient (Wildman–Crippen LogP) is 10.7. The number of carbonyl (C=O) groups is 2. The van der Waals surface area contributed by atoms with Gasteiger partial charge in [-0.25, -0.2) is 23.9 Å². The molecule has 0 aliphatic heterocycles. The van der Waals surface area contributed by atoms with Crippen LogP contribution in [-0.2, 0) is 49.7 Å². The highest BCUT2D eigenvalue weighted by atomic mass is 79.9. The quantitative estimate of drug-likeness (QED) is 0.0476. The molecule has 4 aromatic carbocycles. The average Bonchev–Trinajstić information content (AvgIpc) is 3.32. The van der Waals surface area contributed by atoms with E-state index in [1.807, 2.05) is 30.3 Å². The SMILES string of the molecule is CC(C)c1cccc(Oc2ncc(N(C3CCCc4c(OCC(=O)OC(=O)COc5cccc6c5CCCC6N(c5cnc(Oc6ccc(F)cc6)c(Br)c5)S(=O)[O-])cccc43)S(=O)[O-])cc2Br)c1. The lowest BCUT2D eigenvalue weighted by atomic mass is 9.87. The van der Waals surface area contributed by atoms with Crippen LogP contribution in [0.25, 0.3) is 0 Å². The molecule has 15 nitrogen and oxygen atoms in total. The van der Waals surface area contributed by atoms with Gasteiger partial charge in [-0.3, -0.25) is 17.0 Å². The Hall–Kier alpha value is -5.77. The second-order valence-corrected chi connectivity index (χ2v) is 19.7. The zero-order chi connectivity index (χ0) is 48.8. The number of nitrogens with zero attached hydrogens (tertiary/aromatic N) is 4. The van der Waals surface area contributed by atoms with E-state index in [0.29, 0.717) is 104 Å². The first-order valence-electron chi connectivity index (χ1n) is 21.8. The van der Waals surface area contributed by atoms with Crippen LogP contribution in [0.2, 0.25) is 0 Å². The number of hydrogen-bond acceptors (Lipinski definition) is 13. The molecule has 2 aliphatic carbocycles. The molecular formula is C49H43Br2FN4O11S2-2. The van der Waals surface area contributed by atoms with Crippen LogP contribution in [0.1, 0.15) is 85.3 Å². The molecule has 4 unspecified atom stereocenters. The normalized spacial score (nSPS) is 16.1. The number of carbonyl (C=O) groups excluding carboxylic acids is 2. The van der Waals surface area contributed by atoms with Crippen LogP contribution in [0, 0.1) is 5.82 Å². The van der Waals surface area contributed by atoms with Gasteiger partial charge in [-0.2, -0.15) is 0 Å². The van der Waals surface area contributed by atoms with Crippen molar-refractivity contribution in [2.75, 3.05) is 21.8 Å². The monoisotopic (exact) mass is 1100 g/mol. The summed E-state index contributed by atoms with van der Waals surface area (Å²) in [5, 5.41) is 0. The Morgan fingerprint density at radius 3 is 1.64 bits per heavy atom. The smallest absolute Gasteiger partial charge is 0.351 e. The van der Waals surface area contributed by atoms with Crippen molar-refractivity contribution in [1.29, 1.82) is 0 Å².